The van der Waals surface area contributed by atoms with Gasteiger partial charge in [0.25, 0.3) is 16.1 Å². The predicted molar refractivity (Wildman–Crippen MR) is 207 cm³/mol. The fourth-order valence-corrected chi connectivity index (χ4v) is 5.42. The van der Waals surface area contributed by atoms with Gasteiger partial charge in [0.05, 0.1) is 35.1 Å². The Balaban J connectivity index is 0.00000121. The van der Waals surface area contributed by atoms with Gasteiger partial charge in [0.2, 0.25) is 37.9 Å². The van der Waals surface area contributed by atoms with Gasteiger partial charge in [-0.3, -0.25) is 13.7 Å². The van der Waals surface area contributed by atoms with Crippen molar-refractivity contribution in [3.8, 4) is 0 Å². The summed E-state index contributed by atoms with van der Waals surface area (Å²) in [6.45, 7) is 7.85. The second kappa shape index (κ2) is 24.6. The number of anilines is 5. The van der Waals surface area contributed by atoms with E-state index in [0.29, 0.717) is 11.4 Å². The van der Waals surface area contributed by atoms with Crippen molar-refractivity contribution in [2.24, 2.45) is 0 Å². The summed E-state index contributed by atoms with van der Waals surface area (Å²) in [6.07, 6.45) is 0. The number of aliphatic carboxylic acids is 1. The molecule has 54 heavy (non-hydrogen) atoms. The molecule has 3 aromatic rings. The highest BCUT2D eigenvalue weighted by Gasteiger charge is 2.17. The molecule has 0 saturated carbocycles. The molecule has 304 valence electrons. The topological polar surface area (TPSA) is 299 Å². The molecule has 0 atom stereocenters. The van der Waals surface area contributed by atoms with Gasteiger partial charge in [0.1, 0.15) is 0 Å². The van der Waals surface area contributed by atoms with Crippen LogP contribution in [0.25, 0.3) is 0 Å². The molecule has 0 fully saturated rings. The summed E-state index contributed by atoms with van der Waals surface area (Å²) in [5.74, 6) is -2.52. The number of hydrogen-bond donors (Lipinski definition) is 7. The lowest BCUT2D eigenvalue weighted by molar-refractivity contribution is -0.134. The number of aromatic carboxylic acids is 1. The first kappa shape index (κ1) is 49.3. The fraction of sp³-hybridized carbons (Fsp3) is 0.452. The van der Waals surface area contributed by atoms with Gasteiger partial charge in [-0.1, -0.05) is 32.0 Å². The molecule has 0 unspecified atom stereocenters. The number of benzene rings is 2. The van der Waals surface area contributed by atoms with E-state index in [4.69, 9.17) is 19.6 Å². The minimum Gasteiger partial charge on any atom is -0.481 e. The fourth-order valence-electron chi connectivity index (χ4n) is 3.62. The Morgan fingerprint density at radius 1 is 0.796 bits per heavy atom. The van der Waals surface area contributed by atoms with Gasteiger partial charge in [0, 0.05) is 45.8 Å². The molecule has 0 aliphatic heterocycles. The van der Waals surface area contributed by atoms with Crippen molar-refractivity contribution in [3.05, 3.63) is 60.2 Å². The Morgan fingerprint density at radius 2 is 1.35 bits per heavy atom. The maximum absolute atomic E-state index is 11.7. The average molecular weight is 823 g/mol. The van der Waals surface area contributed by atoms with E-state index in [1.165, 1.54) is 40.4 Å². The van der Waals surface area contributed by atoms with Crippen LogP contribution < -0.4 is 24.6 Å². The van der Waals surface area contributed by atoms with Gasteiger partial charge < -0.3 is 30.9 Å². The average Bonchev–Trinajstić information content (AvgIpc) is 3.11. The van der Waals surface area contributed by atoms with Gasteiger partial charge in [-0.05, 0) is 50.2 Å². The van der Waals surface area contributed by atoms with Crippen LogP contribution in [0.3, 0.4) is 0 Å². The maximum atomic E-state index is 11.7. The van der Waals surface area contributed by atoms with Gasteiger partial charge in [0.15, 0.2) is 0 Å². The number of aliphatic hydroxyl groups is 1. The van der Waals surface area contributed by atoms with Crippen LogP contribution in [0, 0.1) is 0 Å². The summed E-state index contributed by atoms with van der Waals surface area (Å²) in [4.78, 5) is 34.2. The zero-order chi connectivity index (χ0) is 41.5. The summed E-state index contributed by atoms with van der Waals surface area (Å²) in [5.41, 5.74) is 1.22. The molecule has 0 spiro atoms. The second-order valence-corrected chi connectivity index (χ2v) is 16.2. The third-order valence-electron chi connectivity index (χ3n) is 6.29. The van der Waals surface area contributed by atoms with Crippen LogP contribution in [0.1, 0.15) is 45.0 Å². The molecule has 1 aromatic heterocycles. The predicted octanol–water partition coefficient (Wildman–Crippen LogP) is 1.94. The molecule has 2 aromatic carbocycles. The van der Waals surface area contributed by atoms with Crippen molar-refractivity contribution in [2.75, 3.05) is 76.9 Å². The summed E-state index contributed by atoms with van der Waals surface area (Å²) in [5, 5.41) is 31.4. The highest BCUT2D eigenvalue weighted by molar-refractivity contribution is 7.92. The van der Waals surface area contributed by atoms with Crippen molar-refractivity contribution in [1.82, 2.24) is 19.7 Å². The van der Waals surface area contributed by atoms with Crippen molar-refractivity contribution in [3.63, 3.8) is 0 Å². The normalized spacial score (nSPS) is 10.9. The van der Waals surface area contributed by atoms with E-state index in [0.717, 1.165) is 6.92 Å². The van der Waals surface area contributed by atoms with Crippen LogP contribution in [0.5, 0.6) is 0 Å². The number of carbonyl (C=O) groups is 2. The minimum atomic E-state index is -4.23. The summed E-state index contributed by atoms with van der Waals surface area (Å²) >= 11 is 0. The SMILES string of the molecule is CC.CC(=O)O.CCS(=O)(=O)N(C)c1ccccc1.CCS(=O)(=O)NCCN(CCO)c1nc(NCCS(=O)(=O)O)nc(Nc2ccc(C(=O)O)cc2)n1. The standard InChI is InChI=1S/C18H27N7O8S2.C9H13NO2S.C2H4O2.C2H6/c1-2-34(29,30)20-7-9-25(10-11-26)18-23-16(19-8-12-35(31,32)33)22-17(24-18)21-14-5-3-13(4-6-14)15(27)28;1-3-13(11,12)10(2)9-7-5-4-6-8-9;1-2(3)4;1-2/h3-6,20,26H,2,7-12H2,1H3,(H,27,28)(H,31,32,33)(H2,19,21,22,23,24);4-8H,3H2,1-2H3;1H3,(H,3,4);1-2H3. The van der Waals surface area contributed by atoms with Gasteiger partial charge in [-0.2, -0.15) is 23.4 Å². The van der Waals surface area contributed by atoms with Crippen molar-refractivity contribution in [1.29, 1.82) is 0 Å². The highest BCUT2D eigenvalue weighted by Crippen LogP contribution is 2.19. The molecule has 0 amide bonds. The molecule has 0 aliphatic carbocycles. The van der Waals surface area contributed by atoms with Crippen LogP contribution in [0.15, 0.2) is 54.6 Å². The maximum Gasteiger partial charge on any atom is 0.335 e. The molecule has 7 N–H and O–H groups in total. The molecule has 0 saturated heterocycles. The third-order valence-corrected chi connectivity index (χ3v) is 10.2. The molecule has 0 bridgehead atoms. The smallest absolute Gasteiger partial charge is 0.335 e. The molecular weight excluding hydrogens is 773 g/mol. The van der Waals surface area contributed by atoms with Crippen LogP contribution in [0.2, 0.25) is 0 Å². The number of nitrogens with one attached hydrogen (secondary N) is 3. The second-order valence-electron chi connectivity index (χ2n) is 10.2. The van der Waals surface area contributed by atoms with E-state index in [2.05, 4.69) is 30.3 Å². The number of aliphatic hydroxyl groups excluding tert-OH is 1. The highest BCUT2D eigenvalue weighted by atomic mass is 32.2. The minimum absolute atomic E-state index is 0.00418. The number of rotatable bonds is 18. The Morgan fingerprint density at radius 3 is 1.83 bits per heavy atom. The van der Waals surface area contributed by atoms with E-state index >= 15 is 0 Å². The molecule has 20 nitrogen and oxygen atoms in total. The zero-order valence-corrected chi connectivity index (χ0v) is 33.3. The molecule has 0 aliphatic rings. The Hall–Kier alpha value is -4.68. The van der Waals surface area contributed by atoms with Crippen molar-refractivity contribution in [2.45, 2.75) is 34.6 Å². The van der Waals surface area contributed by atoms with E-state index < -0.39 is 47.9 Å². The van der Waals surface area contributed by atoms with Gasteiger partial charge in [-0.15, -0.1) is 0 Å². The first-order chi connectivity index (χ1) is 25.2. The quantitative estimate of drug-likeness (QED) is 0.0902. The number of carboxylic acid groups (broad SMARTS) is 2. The first-order valence-corrected chi connectivity index (χ1v) is 21.2. The van der Waals surface area contributed by atoms with E-state index in [1.807, 2.05) is 32.0 Å². The Bertz CT molecular complexity index is 1900. The number of hydrogen-bond acceptors (Lipinski definition) is 15. The van der Waals surface area contributed by atoms with Crippen molar-refractivity contribution >= 4 is 71.3 Å². The zero-order valence-electron chi connectivity index (χ0n) is 30.9. The molecule has 23 heteroatoms. The van der Waals surface area contributed by atoms with E-state index in [1.54, 1.807) is 26.1 Å². The Kier molecular flexibility index (Phi) is 22.5. The monoisotopic (exact) mass is 822 g/mol. The molecule has 3 rings (SSSR count). The largest absolute Gasteiger partial charge is 0.481 e. The lowest BCUT2D eigenvalue weighted by atomic mass is 10.2. The number of carboxylic acids is 2. The first-order valence-electron chi connectivity index (χ1n) is 16.3. The number of nitrogens with zero attached hydrogens (tertiary/aromatic N) is 5. The summed E-state index contributed by atoms with van der Waals surface area (Å²) < 4.78 is 80.9. The van der Waals surface area contributed by atoms with Crippen molar-refractivity contribution < 1.29 is 54.7 Å². The van der Waals surface area contributed by atoms with E-state index in [-0.39, 0.29) is 67.7 Å². The summed E-state index contributed by atoms with van der Waals surface area (Å²) in [6, 6.07) is 14.8. The van der Waals surface area contributed by atoms with Gasteiger partial charge in [-0.25, -0.2) is 26.4 Å². The number of para-hydroxylation sites is 1. The molecular formula is C31H50N8O12S3. The van der Waals surface area contributed by atoms with Crippen LogP contribution in [0.4, 0.5) is 29.2 Å². The third kappa shape index (κ3) is 20.5. The number of aromatic nitrogens is 3. The summed E-state index contributed by atoms with van der Waals surface area (Å²) in [7, 11) is -9.23. The lowest BCUT2D eigenvalue weighted by Crippen LogP contribution is -2.38. The number of sulfonamides is 2. The van der Waals surface area contributed by atoms with E-state index in [9.17, 15) is 35.2 Å². The Labute approximate surface area is 316 Å². The van der Waals surface area contributed by atoms with Crippen LogP contribution in [-0.2, 0) is 35.0 Å². The lowest BCUT2D eigenvalue weighted by Gasteiger charge is -2.22. The van der Waals surface area contributed by atoms with Gasteiger partial charge >= 0.3 is 5.97 Å². The molecule has 1 heterocycles. The van der Waals surface area contributed by atoms with Crippen LogP contribution in [-0.4, -0.2) is 129 Å². The van der Waals surface area contributed by atoms with Crippen LogP contribution >= 0.6 is 0 Å². The molecule has 0 radical (unpaired) electrons.